The minimum atomic E-state index is -0.818. The number of hydrogen-bond acceptors (Lipinski definition) is 5. The maximum absolute atomic E-state index is 9.43. The third-order valence-electron chi connectivity index (χ3n) is 2.29. The Bertz CT molecular complexity index is 459. The second-order valence-corrected chi connectivity index (χ2v) is 4.45. The molecule has 4 N–H and O–H groups in total. The fourth-order valence-electron chi connectivity index (χ4n) is 1.29. The summed E-state index contributed by atoms with van der Waals surface area (Å²) >= 11 is 0. The van der Waals surface area contributed by atoms with Crippen molar-refractivity contribution in [3.05, 3.63) is 47.8 Å². The molecule has 0 saturated carbocycles. The number of nitrogens with zero attached hydrogens (tertiary/aromatic N) is 2. The molecular weight excluding hydrogens is 246 g/mol. The van der Waals surface area contributed by atoms with Crippen LogP contribution in [-0.2, 0) is 18.8 Å². The fraction of sp³-hybridized carbons (Fsp3) is 0.385. The Kier molecular flexibility index (Phi) is 5.62. The Labute approximate surface area is 111 Å². The third kappa shape index (κ3) is 5.17. The molecule has 0 aliphatic heterocycles. The highest BCUT2D eigenvalue weighted by Crippen LogP contribution is 2.15. The van der Waals surface area contributed by atoms with Gasteiger partial charge in [0.1, 0.15) is 18.0 Å². The molecule has 104 valence electrons. The molecule has 0 amide bonds. The van der Waals surface area contributed by atoms with E-state index in [1.54, 1.807) is 26.1 Å². The largest absolute Gasteiger partial charge is 0.390 e. The van der Waals surface area contributed by atoms with Gasteiger partial charge in [0.05, 0.1) is 24.2 Å². The predicted octanol–water partition coefficient (Wildman–Crippen LogP) is 0.703. The molecule has 6 heteroatoms. The van der Waals surface area contributed by atoms with Crippen molar-refractivity contribution in [3.63, 3.8) is 0 Å². The van der Waals surface area contributed by atoms with Crippen LogP contribution in [0.2, 0.25) is 0 Å². The lowest BCUT2D eigenvalue weighted by Gasteiger charge is -2.15. The van der Waals surface area contributed by atoms with Crippen molar-refractivity contribution in [1.82, 2.24) is 15.0 Å². The molecule has 0 fully saturated rings. The second-order valence-electron chi connectivity index (χ2n) is 4.45. The van der Waals surface area contributed by atoms with Gasteiger partial charge in [0, 0.05) is 6.20 Å². The van der Waals surface area contributed by atoms with Crippen LogP contribution in [-0.4, -0.2) is 30.3 Å². The van der Waals surface area contributed by atoms with Crippen LogP contribution < -0.4 is 0 Å². The summed E-state index contributed by atoms with van der Waals surface area (Å²) in [6, 6.07) is 5.50. The molecule has 6 nitrogen and oxygen atoms in total. The van der Waals surface area contributed by atoms with E-state index >= 15 is 0 Å². The Morgan fingerprint density at radius 3 is 2.21 bits per heavy atom. The van der Waals surface area contributed by atoms with E-state index < -0.39 is 5.60 Å². The van der Waals surface area contributed by atoms with Gasteiger partial charge < -0.3 is 20.3 Å². The van der Waals surface area contributed by atoms with Crippen molar-refractivity contribution in [1.29, 1.82) is 0 Å². The normalized spacial score (nSPS) is 10.8. The molecule has 0 spiro atoms. The van der Waals surface area contributed by atoms with Crippen LogP contribution in [0.4, 0.5) is 0 Å². The zero-order chi connectivity index (χ0) is 14.3. The highest BCUT2D eigenvalue weighted by Gasteiger charge is 2.15. The van der Waals surface area contributed by atoms with Crippen LogP contribution in [0.1, 0.15) is 31.1 Å². The molecule has 2 heterocycles. The van der Waals surface area contributed by atoms with E-state index in [-0.39, 0.29) is 13.2 Å². The van der Waals surface area contributed by atoms with Crippen molar-refractivity contribution < 1.29 is 15.3 Å². The first-order chi connectivity index (χ1) is 8.97. The Hall–Kier alpha value is -1.76. The van der Waals surface area contributed by atoms with Gasteiger partial charge in [0.25, 0.3) is 0 Å². The fourth-order valence-corrected chi connectivity index (χ4v) is 1.29. The van der Waals surface area contributed by atoms with Gasteiger partial charge in [-0.2, -0.15) is 0 Å². The molecule has 19 heavy (non-hydrogen) atoms. The standard InChI is InChI=1S/C8H11NO.C5H8N2O2/c1-8(2,10)7-5-3-4-6-9-7;8-2-4-1-6-5(3-9)7-4/h3-6,10H,1-2H3;1,8-9H,2-3H2,(H,6,7). The number of nitrogens with one attached hydrogen (secondary N) is 1. The van der Waals surface area contributed by atoms with Crippen molar-refractivity contribution in [2.75, 3.05) is 0 Å². The lowest BCUT2D eigenvalue weighted by atomic mass is 10.1. The van der Waals surface area contributed by atoms with E-state index in [9.17, 15) is 5.11 Å². The molecule has 0 radical (unpaired) electrons. The van der Waals surface area contributed by atoms with E-state index in [4.69, 9.17) is 10.2 Å². The van der Waals surface area contributed by atoms with Gasteiger partial charge in [-0.3, -0.25) is 4.98 Å². The van der Waals surface area contributed by atoms with E-state index in [0.717, 1.165) is 0 Å². The van der Waals surface area contributed by atoms with Crippen molar-refractivity contribution in [2.45, 2.75) is 32.7 Å². The molecule has 0 aromatic carbocycles. The first-order valence-electron chi connectivity index (χ1n) is 5.85. The summed E-state index contributed by atoms with van der Waals surface area (Å²) in [7, 11) is 0. The van der Waals surface area contributed by atoms with Gasteiger partial charge in [-0.15, -0.1) is 0 Å². The van der Waals surface area contributed by atoms with Crippen LogP contribution in [0.3, 0.4) is 0 Å². The molecule has 0 atom stereocenters. The van der Waals surface area contributed by atoms with Gasteiger partial charge in [-0.1, -0.05) is 6.07 Å². The number of hydrogen-bond donors (Lipinski definition) is 4. The average Bonchev–Trinajstić information content (AvgIpc) is 2.87. The molecule has 0 unspecified atom stereocenters. The molecule has 0 bridgehead atoms. The summed E-state index contributed by atoms with van der Waals surface area (Å²) in [5.74, 6) is 0.485. The minimum Gasteiger partial charge on any atom is -0.390 e. The van der Waals surface area contributed by atoms with E-state index in [2.05, 4.69) is 15.0 Å². The predicted molar refractivity (Wildman–Crippen MR) is 69.9 cm³/mol. The molecule has 2 rings (SSSR count). The molecule has 0 aliphatic rings. The zero-order valence-corrected chi connectivity index (χ0v) is 11.0. The van der Waals surface area contributed by atoms with Crippen LogP contribution in [0.5, 0.6) is 0 Å². The quantitative estimate of drug-likeness (QED) is 0.654. The summed E-state index contributed by atoms with van der Waals surface area (Å²) in [6.07, 6.45) is 3.17. The van der Waals surface area contributed by atoms with E-state index in [1.807, 2.05) is 12.1 Å². The van der Waals surface area contributed by atoms with E-state index in [0.29, 0.717) is 17.2 Å². The number of pyridine rings is 1. The molecule has 0 aliphatic carbocycles. The monoisotopic (exact) mass is 265 g/mol. The molecule has 0 saturated heterocycles. The van der Waals surface area contributed by atoms with Gasteiger partial charge in [0.2, 0.25) is 0 Å². The number of imidazole rings is 1. The maximum atomic E-state index is 9.43. The Balaban J connectivity index is 0.000000191. The SMILES string of the molecule is CC(C)(O)c1ccccn1.OCc1cnc(CO)[nH]1. The minimum absolute atomic E-state index is 0.0625. The lowest BCUT2D eigenvalue weighted by Crippen LogP contribution is -2.16. The summed E-state index contributed by atoms with van der Waals surface area (Å²) in [5, 5.41) is 26.4. The van der Waals surface area contributed by atoms with Crippen molar-refractivity contribution >= 4 is 0 Å². The van der Waals surface area contributed by atoms with Gasteiger partial charge >= 0.3 is 0 Å². The number of H-pyrrole nitrogens is 1. The number of rotatable bonds is 3. The van der Waals surface area contributed by atoms with E-state index in [1.165, 1.54) is 6.20 Å². The zero-order valence-electron chi connectivity index (χ0n) is 11.0. The topological polar surface area (TPSA) is 102 Å². The number of aromatic nitrogens is 3. The smallest absolute Gasteiger partial charge is 0.132 e. The highest BCUT2D eigenvalue weighted by molar-refractivity contribution is 5.09. The third-order valence-corrected chi connectivity index (χ3v) is 2.29. The average molecular weight is 265 g/mol. The van der Waals surface area contributed by atoms with Crippen molar-refractivity contribution in [2.24, 2.45) is 0 Å². The van der Waals surface area contributed by atoms with Crippen LogP contribution in [0.15, 0.2) is 30.6 Å². The van der Waals surface area contributed by atoms with Gasteiger partial charge in [-0.25, -0.2) is 4.98 Å². The van der Waals surface area contributed by atoms with Crippen LogP contribution >= 0.6 is 0 Å². The first-order valence-corrected chi connectivity index (χ1v) is 5.85. The second kappa shape index (κ2) is 6.98. The van der Waals surface area contributed by atoms with Gasteiger partial charge in [0.15, 0.2) is 0 Å². The van der Waals surface area contributed by atoms with Crippen LogP contribution in [0, 0.1) is 0 Å². The molecule has 2 aromatic heterocycles. The summed E-state index contributed by atoms with van der Waals surface area (Å²) < 4.78 is 0. The number of aliphatic hydroxyl groups is 3. The molecule has 2 aromatic rings. The van der Waals surface area contributed by atoms with Crippen LogP contribution in [0.25, 0.3) is 0 Å². The Morgan fingerprint density at radius 1 is 1.16 bits per heavy atom. The first kappa shape index (κ1) is 15.3. The Morgan fingerprint density at radius 2 is 1.89 bits per heavy atom. The molecular formula is C13H19N3O3. The van der Waals surface area contributed by atoms with Crippen molar-refractivity contribution in [3.8, 4) is 0 Å². The highest BCUT2D eigenvalue weighted by atomic mass is 16.3. The maximum Gasteiger partial charge on any atom is 0.132 e. The summed E-state index contributed by atoms with van der Waals surface area (Å²) in [5.41, 5.74) is 0.510. The number of aliphatic hydroxyl groups excluding tert-OH is 2. The summed E-state index contributed by atoms with van der Waals surface area (Å²) in [6.45, 7) is 3.26. The summed E-state index contributed by atoms with van der Waals surface area (Å²) in [4.78, 5) is 10.4. The number of aromatic amines is 1. The van der Waals surface area contributed by atoms with Gasteiger partial charge in [-0.05, 0) is 26.0 Å². The lowest BCUT2D eigenvalue weighted by molar-refractivity contribution is 0.0738.